The first kappa shape index (κ1) is 17.0. The highest BCUT2D eigenvalue weighted by molar-refractivity contribution is 5.50. The van der Waals surface area contributed by atoms with E-state index >= 15 is 0 Å². The van der Waals surface area contributed by atoms with Crippen LogP contribution in [0.5, 0.6) is 5.75 Å². The maximum atomic E-state index is 11.7. The second-order valence-corrected chi connectivity index (χ2v) is 6.83. The third kappa shape index (κ3) is 3.06. The number of hydrogen-bond donors (Lipinski definition) is 1. The first-order chi connectivity index (χ1) is 11.6. The molecule has 3 heteroatoms. The molecule has 0 saturated heterocycles. The fraction of sp³-hybridized carbons (Fsp3) is 0.429. The molecule has 0 radical (unpaired) electrons. The van der Waals surface area contributed by atoms with Gasteiger partial charge in [0.25, 0.3) is 0 Å². The minimum absolute atomic E-state index is 0.567. The Morgan fingerprint density at radius 2 is 1.96 bits per heavy atom. The number of benzene rings is 2. The van der Waals surface area contributed by atoms with E-state index in [1.54, 1.807) is 7.11 Å². The largest absolute Gasteiger partial charge is 0.496 e. The molecule has 3 rings (SSSR count). The predicted octanol–water partition coefficient (Wildman–Crippen LogP) is 3.72. The van der Waals surface area contributed by atoms with Gasteiger partial charge in [-0.05, 0) is 48.7 Å². The van der Waals surface area contributed by atoms with E-state index in [4.69, 9.17) is 4.74 Å². The van der Waals surface area contributed by atoms with Crippen molar-refractivity contribution in [2.45, 2.75) is 38.3 Å². The highest BCUT2D eigenvalue weighted by Crippen LogP contribution is 2.41. The van der Waals surface area contributed by atoms with Crippen molar-refractivity contribution in [3.63, 3.8) is 0 Å². The van der Waals surface area contributed by atoms with Crippen molar-refractivity contribution in [1.82, 2.24) is 4.90 Å². The molecule has 1 heterocycles. The Morgan fingerprint density at radius 3 is 2.71 bits per heavy atom. The molecule has 24 heavy (non-hydrogen) atoms. The molecule has 0 spiro atoms. The predicted molar refractivity (Wildman–Crippen MR) is 97.4 cm³/mol. The van der Waals surface area contributed by atoms with Crippen LogP contribution in [0.3, 0.4) is 0 Å². The summed E-state index contributed by atoms with van der Waals surface area (Å²) >= 11 is 0. The smallest absolute Gasteiger partial charge is 0.131 e. The molecule has 2 aromatic carbocycles. The van der Waals surface area contributed by atoms with E-state index in [2.05, 4.69) is 30.0 Å². The highest BCUT2D eigenvalue weighted by Gasteiger charge is 2.40. The maximum Gasteiger partial charge on any atom is 0.131 e. The lowest BCUT2D eigenvalue weighted by atomic mass is 9.79. The van der Waals surface area contributed by atoms with E-state index in [-0.39, 0.29) is 0 Å². The van der Waals surface area contributed by atoms with Crippen LogP contribution in [0.1, 0.15) is 42.0 Å². The fourth-order valence-corrected chi connectivity index (χ4v) is 3.73. The van der Waals surface area contributed by atoms with E-state index in [0.717, 1.165) is 42.7 Å². The highest BCUT2D eigenvalue weighted by atomic mass is 16.5. The number of hydrogen-bond acceptors (Lipinski definition) is 3. The Kier molecular flexibility index (Phi) is 4.93. The molecule has 128 valence electrons. The number of ether oxygens (including phenoxy) is 1. The topological polar surface area (TPSA) is 32.7 Å². The van der Waals surface area contributed by atoms with Gasteiger partial charge in [-0.15, -0.1) is 0 Å². The molecule has 0 saturated carbocycles. The van der Waals surface area contributed by atoms with E-state index in [9.17, 15) is 5.11 Å². The molecule has 0 bridgehead atoms. The molecule has 1 aliphatic rings. The number of aliphatic hydroxyl groups is 1. The lowest BCUT2D eigenvalue weighted by Crippen LogP contribution is -2.45. The third-order valence-corrected chi connectivity index (χ3v) is 4.93. The van der Waals surface area contributed by atoms with Crippen LogP contribution in [0, 0.1) is 0 Å². The van der Waals surface area contributed by atoms with Crippen molar-refractivity contribution in [3.05, 3.63) is 64.7 Å². The maximum absolute atomic E-state index is 11.7. The molecule has 0 aromatic heterocycles. The zero-order valence-electron chi connectivity index (χ0n) is 14.9. The summed E-state index contributed by atoms with van der Waals surface area (Å²) in [6.07, 6.45) is 3.35. The van der Waals surface area contributed by atoms with Crippen LogP contribution < -0.4 is 4.74 Å². The number of rotatable bonds is 5. The first-order valence-electron chi connectivity index (χ1n) is 8.75. The number of nitrogens with zero attached hydrogens (tertiary/aromatic N) is 1. The zero-order valence-corrected chi connectivity index (χ0v) is 14.9. The summed E-state index contributed by atoms with van der Waals surface area (Å²) in [6, 6.07) is 14.4. The van der Waals surface area contributed by atoms with E-state index in [0.29, 0.717) is 6.54 Å². The van der Waals surface area contributed by atoms with Gasteiger partial charge in [0.05, 0.1) is 7.11 Å². The van der Waals surface area contributed by atoms with Crippen LogP contribution in [0.25, 0.3) is 0 Å². The lowest BCUT2D eigenvalue weighted by molar-refractivity contribution is 0.0262. The monoisotopic (exact) mass is 325 g/mol. The molecular formula is C21H27NO2. The average molecular weight is 325 g/mol. The Morgan fingerprint density at radius 1 is 1.17 bits per heavy atom. The van der Waals surface area contributed by atoms with Crippen LogP contribution in [-0.4, -0.2) is 30.7 Å². The SMILES string of the molecule is CCCCc1ccc(OC)c(C2(O)CN(C)Cc3ccccc32)c1. The molecule has 1 aliphatic heterocycles. The summed E-state index contributed by atoms with van der Waals surface area (Å²) in [7, 11) is 3.72. The van der Waals surface area contributed by atoms with E-state index in [1.807, 2.05) is 31.3 Å². The van der Waals surface area contributed by atoms with Crippen LogP contribution in [0.15, 0.2) is 42.5 Å². The average Bonchev–Trinajstić information content (AvgIpc) is 2.59. The molecule has 1 unspecified atom stereocenters. The van der Waals surface area contributed by atoms with Crippen LogP contribution in [0.4, 0.5) is 0 Å². The molecule has 0 amide bonds. The summed E-state index contributed by atoms with van der Waals surface area (Å²) in [5.41, 5.74) is 3.25. The molecule has 0 fully saturated rings. The van der Waals surface area contributed by atoms with Crippen molar-refractivity contribution in [1.29, 1.82) is 0 Å². The molecule has 1 N–H and O–H groups in total. The van der Waals surface area contributed by atoms with Gasteiger partial charge in [0.2, 0.25) is 0 Å². The Labute approximate surface area is 144 Å². The van der Waals surface area contributed by atoms with Crippen LogP contribution in [0.2, 0.25) is 0 Å². The Balaban J connectivity index is 2.12. The number of unbranched alkanes of at least 4 members (excludes halogenated alkanes) is 1. The number of aryl methyl sites for hydroxylation is 1. The van der Waals surface area contributed by atoms with Crippen LogP contribution >= 0.6 is 0 Å². The van der Waals surface area contributed by atoms with Gasteiger partial charge in [0.15, 0.2) is 0 Å². The second kappa shape index (κ2) is 6.96. The lowest BCUT2D eigenvalue weighted by Gasteiger charge is -2.40. The fourth-order valence-electron chi connectivity index (χ4n) is 3.73. The Hall–Kier alpha value is -1.84. The van der Waals surface area contributed by atoms with E-state index < -0.39 is 5.60 Å². The van der Waals surface area contributed by atoms with Gasteiger partial charge in [-0.3, -0.25) is 4.90 Å². The van der Waals surface area contributed by atoms with Crippen LogP contribution in [-0.2, 0) is 18.6 Å². The third-order valence-electron chi connectivity index (χ3n) is 4.93. The standard InChI is InChI=1S/C21H27NO2/c1-4-5-8-16-11-12-20(24-3)19(13-16)21(23)15-22(2)14-17-9-6-7-10-18(17)21/h6-7,9-13,23H,4-5,8,14-15H2,1-3H3. The van der Waals surface area contributed by atoms with Crippen molar-refractivity contribution in [2.24, 2.45) is 0 Å². The summed E-state index contributed by atoms with van der Waals surface area (Å²) < 4.78 is 5.59. The van der Waals surface area contributed by atoms with Crippen molar-refractivity contribution in [3.8, 4) is 5.75 Å². The van der Waals surface area contributed by atoms with Crippen molar-refractivity contribution < 1.29 is 9.84 Å². The van der Waals surface area contributed by atoms with Gasteiger partial charge < -0.3 is 9.84 Å². The molecule has 0 aliphatic carbocycles. The number of β-amino-alcohol motifs (C(OH)–C–C–N with tert-alkyl or cyclic N) is 1. The summed E-state index contributed by atoms with van der Waals surface area (Å²) in [6.45, 7) is 3.62. The minimum Gasteiger partial charge on any atom is -0.496 e. The quantitative estimate of drug-likeness (QED) is 0.909. The normalized spacial score (nSPS) is 20.7. The van der Waals surface area contributed by atoms with Crippen molar-refractivity contribution >= 4 is 0 Å². The van der Waals surface area contributed by atoms with Gasteiger partial charge in [-0.2, -0.15) is 0 Å². The van der Waals surface area contributed by atoms with Gasteiger partial charge in [-0.25, -0.2) is 0 Å². The summed E-state index contributed by atoms with van der Waals surface area (Å²) in [5.74, 6) is 0.753. The van der Waals surface area contributed by atoms with Gasteiger partial charge in [0, 0.05) is 18.7 Å². The number of likely N-dealkylation sites (N-methyl/N-ethyl adjacent to an activating group) is 1. The number of methoxy groups -OCH3 is 1. The molecular weight excluding hydrogens is 298 g/mol. The molecule has 3 nitrogen and oxygen atoms in total. The van der Waals surface area contributed by atoms with Crippen molar-refractivity contribution in [2.75, 3.05) is 20.7 Å². The number of fused-ring (bicyclic) bond motifs is 1. The van der Waals surface area contributed by atoms with Gasteiger partial charge >= 0.3 is 0 Å². The first-order valence-corrected chi connectivity index (χ1v) is 8.75. The second-order valence-electron chi connectivity index (χ2n) is 6.83. The minimum atomic E-state index is -1.04. The summed E-state index contributed by atoms with van der Waals surface area (Å²) in [5, 5.41) is 11.7. The summed E-state index contributed by atoms with van der Waals surface area (Å²) in [4.78, 5) is 2.17. The molecule has 1 atom stereocenters. The van der Waals surface area contributed by atoms with Gasteiger partial charge in [0.1, 0.15) is 11.4 Å². The molecule has 2 aromatic rings. The van der Waals surface area contributed by atoms with E-state index in [1.165, 1.54) is 11.1 Å². The Bertz CT molecular complexity index is 713. The zero-order chi connectivity index (χ0) is 17.2. The van der Waals surface area contributed by atoms with Gasteiger partial charge in [-0.1, -0.05) is 43.7 Å².